The molecule has 1 heterocycles. The Hall–Kier alpha value is -1.29. The van der Waals surface area contributed by atoms with Crippen molar-refractivity contribution in [3.63, 3.8) is 0 Å². The molecule has 0 fully saturated rings. The SMILES string of the molecule is C=C(CNCCC)COc1cnn(CCC)c1. The highest BCUT2D eigenvalue weighted by Gasteiger charge is 2.00. The molecule has 0 atom stereocenters. The molecular formula is C13H23N3O. The largest absolute Gasteiger partial charge is 0.486 e. The maximum absolute atomic E-state index is 5.60. The molecule has 0 aliphatic carbocycles. The van der Waals surface area contributed by atoms with Crippen LogP contribution in [0.2, 0.25) is 0 Å². The van der Waals surface area contributed by atoms with E-state index in [9.17, 15) is 0 Å². The summed E-state index contributed by atoms with van der Waals surface area (Å²) in [6, 6.07) is 0. The van der Waals surface area contributed by atoms with Gasteiger partial charge in [0.2, 0.25) is 0 Å². The summed E-state index contributed by atoms with van der Waals surface area (Å²) < 4.78 is 7.50. The van der Waals surface area contributed by atoms with Crippen LogP contribution in [0.15, 0.2) is 24.5 Å². The summed E-state index contributed by atoms with van der Waals surface area (Å²) in [5.41, 5.74) is 1.06. The van der Waals surface area contributed by atoms with Gasteiger partial charge in [-0.25, -0.2) is 0 Å². The smallest absolute Gasteiger partial charge is 0.157 e. The van der Waals surface area contributed by atoms with Gasteiger partial charge in [-0.05, 0) is 25.0 Å². The maximum atomic E-state index is 5.60. The van der Waals surface area contributed by atoms with Crippen LogP contribution in [0, 0.1) is 0 Å². The van der Waals surface area contributed by atoms with Crippen LogP contribution in [0.1, 0.15) is 26.7 Å². The minimum atomic E-state index is 0.550. The number of rotatable bonds is 9. The van der Waals surface area contributed by atoms with Crippen molar-refractivity contribution < 1.29 is 4.74 Å². The van der Waals surface area contributed by atoms with E-state index in [4.69, 9.17) is 4.74 Å². The molecule has 0 saturated carbocycles. The summed E-state index contributed by atoms with van der Waals surface area (Å²) in [4.78, 5) is 0. The van der Waals surface area contributed by atoms with Gasteiger partial charge in [-0.15, -0.1) is 0 Å². The lowest BCUT2D eigenvalue weighted by atomic mass is 10.3. The van der Waals surface area contributed by atoms with Gasteiger partial charge in [-0.2, -0.15) is 5.10 Å². The third kappa shape index (κ3) is 5.54. The first kappa shape index (κ1) is 13.8. The zero-order chi connectivity index (χ0) is 12.5. The number of hydrogen-bond acceptors (Lipinski definition) is 3. The van der Waals surface area contributed by atoms with Gasteiger partial charge in [0.1, 0.15) is 6.61 Å². The Balaban J connectivity index is 2.22. The van der Waals surface area contributed by atoms with Gasteiger partial charge in [-0.1, -0.05) is 20.4 Å². The van der Waals surface area contributed by atoms with E-state index in [1.54, 1.807) is 6.20 Å². The molecule has 0 spiro atoms. The third-order valence-corrected chi connectivity index (χ3v) is 2.31. The van der Waals surface area contributed by atoms with Crippen LogP contribution < -0.4 is 10.1 Å². The summed E-state index contributed by atoms with van der Waals surface area (Å²) in [5, 5.41) is 7.50. The predicted molar refractivity (Wildman–Crippen MR) is 70.3 cm³/mol. The summed E-state index contributed by atoms with van der Waals surface area (Å²) in [6.45, 7) is 11.6. The van der Waals surface area contributed by atoms with E-state index >= 15 is 0 Å². The summed E-state index contributed by atoms with van der Waals surface area (Å²) in [6.07, 6.45) is 5.89. The fourth-order valence-electron chi connectivity index (χ4n) is 1.45. The van der Waals surface area contributed by atoms with Crippen molar-refractivity contribution in [2.45, 2.75) is 33.2 Å². The average Bonchev–Trinajstić information content (AvgIpc) is 2.75. The van der Waals surface area contributed by atoms with Gasteiger partial charge < -0.3 is 10.1 Å². The number of ether oxygens (including phenoxy) is 1. The topological polar surface area (TPSA) is 39.1 Å². The molecule has 1 aromatic heterocycles. The number of nitrogens with zero attached hydrogens (tertiary/aromatic N) is 2. The molecule has 1 aromatic rings. The monoisotopic (exact) mass is 237 g/mol. The second-order valence-electron chi connectivity index (χ2n) is 4.15. The summed E-state index contributed by atoms with van der Waals surface area (Å²) >= 11 is 0. The molecule has 0 saturated heterocycles. The maximum Gasteiger partial charge on any atom is 0.157 e. The first-order chi connectivity index (χ1) is 8.26. The fourth-order valence-corrected chi connectivity index (χ4v) is 1.45. The quantitative estimate of drug-likeness (QED) is 0.529. The van der Waals surface area contributed by atoms with Gasteiger partial charge >= 0.3 is 0 Å². The van der Waals surface area contributed by atoms with Crippen LogP contribution in [0.25, 0.3) is 0 Å². The number of hydrogen-bond donors (Lipinski definition) is 1. The molecule has 0 amide bonds. The Morgan fingerprint density at radius 2 is 2.29 bits per heavy atom. The van der Waals surface area contributed by atoms with E-state index in [0.717, 1.165) is 43.8 Å². The molecule has 96 valence electrons. The van der Waals surface area contributed by atoms with Gasteiger partial charge in [0.25, 0.3) is 0 Å². The van der Waals surface area contributed by atoms with Crippen LogP contribution in [-0.2, 0) is 6.54 Å². The first-order valence-electron chi connectivity index (χ1n) is 6.28. The highest BCUT2D eigenvalue weighted by Crippen LogP contribution is 2.09. The third-order valence-electron chi connectivity index (χ3n) is 2.31. The van der Waals surface area contributed by atoms with Crippen LogP contribution in [0.3, 0.4) is 0 Å². The summed E-state index contributed by atoms with van der Waals surface area (Å²) in [5.74, 6) is 0.815. The van der Waals surface area contributed by atoms with Crippen molar-refractivity contribution in [2.75, 3.05) is 19.7 Å². The standard InChI is InChI=1S/C13H23N3O/c1-4-6-14-8-12(3)11-17-13-9-15-16(10-13)7-5-2/h9-10,14H,3-8,11H2,1-2H3. The van der Waals surface area contributed by atoms with Crippen molar-refractivity contribution in [1.29, 1.82) is 0 Å². The van der Waals surface area contributed by atoms with E-state index < -0.39 is 0 Å². The van der Waals surface area contributed by atoms with Crippen molar-refractivity contribution in [3.05, 3.63) is 24.5 Å². The average molecular weight is 237 g/mol. The molecule has 0 aromatic carbocycles. The molecule has 1 N–H and O–H groups in total. The van der Waals surface area contributed by atoms with E-state index in [1.807, 2.05) is 10.9 Å². The predicted octanol–water partition coefficient (Wildman–Crippen LogP) is 2.23. The molecule has 0 bridgehead atoms. The molecule has 4 heteroatoms. The van der Waals surface area contributed by atoms with Crippen molar-refractivity contribution >= 4 is 0 Å². The lowest BCUT2D eigenvalue weighted by molar-refractivity contribution is 0.347. The van der Waals surface area contributed by atoms with Crippen molar-refractivity contribution in [2.24, 2.45) is 0 Å². The van der Waals surface area contributed by atoms with Gasteiger partial charge in [0.05, 0.1) is 12.4 Å². The van der Waals surface area contributed by atoms with Crippen molar-refractivity contribution in [3.8, 4) is 5.75 Å². The minimum Gasteiger partial charge on any atom is -0.486 e. The van der Waals surface area contributed by atoms with Crippen LogP contribution >= 0.6 is 0 Å². The van der Waals surface area contributed by atoms with E-state index in [-0.39, 0.29) is 0 Å². The Morgan fingerprint density at radius 1 is 1.47 bits per heavy atom. The summed E-state index contributed by atoms with van der Waals surface area (Å²) in [7, 11) is 0. The lowest BCUT2D eigenvalue weighted by Crippen LogP contribution is -2.20. The molecular weight excluding hydrogens is 214 g/mol. The molecule has 0 aliphatic rings. The Labute approximate surface area is 104 Å². The Kier molecular flexibility index (Phi) is 6.40. The minimum absolute atomic E-state index is 0.550. The molecule has 4 nitrogen and oxygen atoms in total. The van der Waals surface area contributed by atoms with E-state index in [0.29, 0.717) is 6.61 Å². The Bertz CT molecular complexity index is 333. The van der Waals surface area contributed by atoms with Gasteiger partial charge in [-0.3, -0.25) is 4.68 Å². The first-order valence-corrected chi connectivity index (χ1v) is 6.28. The van der Waals surface area contributed by atoms with Crippen LogP contribution in [0.4, 0.5) is 0 Å². The van der Waals surface area contributed by atoms with Crippen LogP contribution in [0.5, 0.6) is 5.75 Å². The highest BCUT2D eigenvalue weighted by molar-refractivity contribution is 5.13. The van der Waals surface area contributed by atoms with Crippen LogP contribution in [-0.4, -0.2) is 29.5 Å². The fraction of sp³-hybridized carbons (Fsp3) is 0.615. The van der Waals surface area contributed by atoms with E-state index in [1.165, 1.54) is 0 Å². The zero-order valence-electron chi connectivity index (χ0n) is 10.9. The van der Waals surface area contributed by atoms with Crippen molar-refractivity contribution in [1.82, 2.24) is 15.1 Å². The zero-order valence-corrected chi connectivity index (χ0v) is 10.9. The number of aromatic nitrogens is 2. The number of nitrogens with one attached hydrogen (secondary N) is 1. The van der Waals surface area contributed by atoms with Gasteiger partial charge in [0.15, 0.2) is 5.75 Å². The lowest BCUT2D eigenvalue weighted by Gasteiger charge is -2.07. The molecule has 1 rings (SSSR count). The number of aryl methyl sites for hydroxylation is 1. The molecule has 17 heavy (non-hydrogen) atoms. The Morgan fingerprint density at radius 3 is 3.00 bits per heavy atom. The second-order valence-corrected chi connectivity index (χ2v) is 4.15. The normalized spacial score (nSPS) is 10.5. The van der Waals surface area contributed by atoms with E-state index in [2.05, 4.69) is 30.8 Å². The second kappa shape index (κ2) is 7.90. The molecule has 0 radical (unpaired) electrons. The molecule has 0 aliphatic heterocycles. The molecule has 0 unspecified atom stereocenters. The van der Waals surface area contributed by atoms with Gasteiger partial charge in [0, 0.05) is 13.1 Å². The highest BCUT2D eigenvalue weighted by atomic mass is 16.5.